The molecule has 124 valence electrons. The summed E-state index contributed by atoms with van der Waals surface area (Å²) in [6.45, 7) is -1.84. The van der Waals surface area contributed by atoms with Crippen molar-refractivity contribution >= 4 is 17.2 Å². The minimum atomic E-state index is -4.23. The summed E-state index contributed by atoms with van der Waals surface area (Å²) in [6.07, 6.45) is -0.0828. The zero-order valence-corrected chi connectivity index (χ0v) is 12.5. The molecular formula is C13H16F4N2O2S. The number of fused-ring (bicyclic) bond motifs is 1. The van der Waals surface area contributed by atoms with Gasteiger partial charge in [0.25, 0.3) is 0 Å². The average Bonchev–Trinajstić information content (AvgIpc) is 2.99. The van der Waals surface area contributed by atoms with E-state index in [9.17, 15) is 22.4 Å². The molecule has 1 N–H and O–H groups in total. The summed E-state index contributed by atoms with van der Waals surface area (Å²) < 4.78 is 53.1. The topological polar surface area (TPSA) is 51.2 Å². The number of nitrogens with zero attached hydrogens (tertiary/aromatic N) is 1. The zero-order valence-electron chi connectivity index (χ0n) is 11.7. The first-order valence-electron chi connectivity index (χ1n) is 6.86. The van der Waals surface area contributed by atoms with Gasteiger partial charge in [0.1, 0.15) is 13.2 Å². The van der Waals surface area contributed by atoms with Crippen LogP contribution in [-0.2, 0) is 28.8 Å². The second-order valence-corrected chi connectivity index (χ2v) is 6.15. The first-order valence-corrected chi connectivity index (χ1v) is 7.68. The van der Waals surface area contributed by atoms with Gasteiger partial charge in [-0.3, -0.25) is 4.79 Å². The summed E-state index contributed by atoms with van der Waals surface area (Å²) in [5.74, 6) is -4.85. The van der Waals surface area contributed by atoms with Gasteiger partial charge in [-0.05, 0) is 19.3 Å². The van der Waals surface area contributed by atoms with E-state index >= 15 is 0 Å². The van der Waals surface area contributed by atoms with E-state index in [0.717, 1.165) is 30.0 Å². The predicted molar refractivity (Wildman–Crippen MR) is 72.6 cm³/mol. The molecule has 0 unspecified atom stereocenters. The molecular weight excluding hydrogens is 324 g/mol. The minimum absolute atomic E-state index is 0.305. The molecule has 1 amide bonds. The number of nitrogens with one attached hydrogen (secondary N) is 1. The van der Waals surface area contributed by atoms with Gasteiger partial charge in [0, 0.05) is 17.8 Å². The maximum Gasteiger partial charge on any atom is 0.330 e. The van der Waals surface area contributed by atoms with Crippen LogP contribution in [-0.4, -0.2) is 43.0 Å². The Morgan fingerprint density at radius 1 is 1.41 bits per heavy atom. The van der Waals surface area contributed by atoms with E-state index < -0.39 is 31.5 Å². The third-order valence-corrected chi connectivity index (χ3v) is 4.37. The number of ether oxygens (including phenoxy) is 1. The van der Waals surface area contributed by atoms with Crippen molar-refractivity contribution in [3.63, 3.8) is 0 Å². The van der Waals surface area contributed by atoms with E-state index in [1.807, 2.05) is 0 Å². The van der Waals surface area contributed by atoms with Crippen molar-refractivity contribution in [1.82, 2.24) is 10.3 Å². The Hall–Kier alpha value is -1.22. The van der Waals surface area contributed by atoms with Crippen molar-refractivity contribution in [3.8, 4) is 0 Å². The molecule has 2 rings (SSSR count). The first-order chi connectivity index (χ1) is 10.4. The van der Waals surface area contributed by atoms with Gasteiger partial charge < -0.3 is 10.1 Å². The average molecular weight is 340 g/mol. The molecule has 9 heteroatoms. The molecule has 0 radical (unpaired) electrons. The highest BCUT2D eigenvalue weighted by molar-refractivity contribution is 7.11. The molecule has 1 aromatic rings. The van der Waals surface area contributed by atoms with Gasteiger partial charge in [-0.15, -0.1) is 11.3 Å². The maximum absolute atomic E-state index is 12.5. The summed E-state index contributed by atoms with van der Waals surface area (Å²) in [7, 11) is 0. The molecule has 1 aromatic heterocycles. The number of carbonyl (C=O) groups is 1. The van der Waals surface area contributed by atoms with Gasteiger partial charge in [0.15, 0.2) is 0 Å². The van der Waals surface area contributed by atoms with Crippen LogP contribution in [0.5, 0.6) is 0 Å². The Morgan fingerprint density at radius 2 is 2.18 bits per heavy atom. The summed E-state index contributed by atoms with van der Waals surface area (Å²) in [5, 5.41) is 3.41. The largest absolute Gasteiger partial charge is 0.365 e. The van der Waals surface area contributed by atoms with Crippen molar-refractivity contribution in [2.75, 3.05) is 19.8 Å². The van der Waals surface area contributed by atoms with Gasteiger partial charge in [-0.1, -0.05) is 0 Å². The maximum atomic E-state index is 12.5. The van der Waals surface area contributed by atoms with Crippen LogP contribution in [0.2, 0.25) is 0 Å². The summed E-state index contributed by atoms with van der Waals surface area (Å²) in [6, 6.07) is 0. The lowest BCUT2D eigenvalue weighted by molar-refractivity contribution is -0.168. The van der Waals surface area contributed by atoms with Gasteiger partial charge >= 0.3 is 12.3 Å². The van der Waals surface area contributed by atoms with Crippen LogP contribution in [0.1, 0.15) is 22.0 Å². The molecule has 0 saturated heterocycles. The Kier molecular flexibility index (Phi) is 5.74. The Balaban J connectivity index is 1.61. The number of hydrogen-bond donors (Lipinski definition) is 1. The molecule has 0 spiro atoms. The Morgan fingerprint density at radius 3 is 2.86 bits per heavy atom. The van der Waals surface area contributed by atoms with Gasteiger partial charge in [-0.25, -0.2) is 13.8 Å². The van der Waals surface area contributed by atoms with Crippen molar-refractivity contribution < 1.29 is 27.1 Å². The Bertz CT molecular complexity index is 501. The number of hydrogen-bond acceptors (Lipinski definition) is 4. The highest BCUT2D eigenvalue weighted by Crippen LogP contribution is 2.27. The number of aryl methyl sites for hydroxylation is 2. The van der Waals surface area contributed by atoms with Crippen molar-refractivity contribution in [1.29, 1.82) is 0 Å². The minimum Gasteiger partial charge on any atom is -0.365 e. The molecule has 0 aliphatic heterocycles. The van der Waals surface area contributed by atoms with Gasteiger partial charge in [-0.2, -0.15) is 8.78 Å². The van der Waals surface area contributed by atoms with Crippen LogP contribution in [0.25, 0.3) is 0 Å². The highest BCUT2D eigenvalue weighted by Gasteiger charge is 2.41. The third-order valence-electron chi connectivity index (χ3n) is 3.15. The van der Waals surface area contributed by atoms with E-state index in [-0.39, 0.29) is 0 Å². The number of halogens is 4. The molecule has 4 nitrogen and oxygen atoms in total. The number of rotatable bonds is 8. The third kappa shape index (κ3) is 4.64. The fourth-order valence-corrected chi connectivity index (χ4v) is 3.21. The molecule has 1 heterocycles. The molecule has 0 fully saturated rings. The lowest BCUT2D eigenvalue weighted by atomic mass is 10.3. The van der Waals surface area contributed by atoms with Crippen LogP contribution in [0.15, 0.2) is 0 Å². The van der Waals surface area contributed by atoms with Crippen molar-refractivity contribution in [2.45, 2.75) is 38.0 Å². The van der Waals surface area contributed by atoms with E-state index in [0.29, 0.717) is 13.0 Å². The van der Waals surface area contributed by atoms with Crippen LogP contribution in [0.4, 0.5) is 17.6 Å². The second-order valence-electron chi connectivity index (χ2n) is 4.99. The van der Waals surface area contributed by atoms with Crippen molar-refractivity contribution in [2.24, 2.45) is 0 Å². The number of thiazole rings is 1. The number of amides is 1. The fraction of sp³-hybridized carbons (Fsp3) is 0.692. The van der Waals surface area contributed by atoms with Crippen molar-refractivity contribution in [3.05, 3.63) is 15.6 Å². The van der Waals surface area contributed by atoms with Crippen LogP contribution in [0.3, 0.4) is 0 Å². The SMILES string of the molecule is O=C(COCC(F)(F)C(F)F)NCCc1nc2c(s1)CCC2. The van der Waals surface area contributed by atoms with E-state index in [2.05, 4.69) is 15.0 Å². The van der Waals surface area contributed by atoms with Crippen LogP contribution < -0.4 is 5.32 Å². The zero-order chi connectivity index (χ0) is 16.2. The lowest BCUT2D eigenvalue weighted by Gasteiger charge is -2.14. The van der Waals surface area contributed by atoms with E-state index in [1.165, 1.54) is 4.88 Å². The monoisotopic (exact) mass is 340 g/mol. The van der Waals surface area contributed by atoms with Gasteiger partial charge in [0.05, 0.1) is 10.7 Å². The lowest BCUT2D eigenvalue weighted by Crippen LogP contribution is -2.35. The Labute approximate surface area is 128 Å². The normalized spacial score (nSPS) is 14.4. The quantitative estimate of drug-likeness (QED) is 0.738. The highest BCUT2D eigenvalue weighted by atomic mass is 32.1. The van der Waals surface area contributed by atoms with Gasteiger partial charge in [0.2, 0.25) is 5.91 Å². The number of alkyl halides is 4. The van der Waals surface area contributed by atoms with Crippen LogP contribution in [0, 0.1) is 0 Å². The molecule has 22 heavy (non-hydrogen) atoms. The fourth-order valence-electron chi connectivity index (χ4n) is 2.05. The predicted octanol–water partition coefficient (Wildman–Crippen LogP) is 2.21. The standard InChI is InChI=1S/C13H16F4N2O2S/c14-12(15)13(16,17)7-21-6-10(20)18-5-4-11-19-8-2-1-3-9(8)22-11/h12H,1-7H2,(H,18,20). The number of carbonyl (C=O) groups excluding carboxylic acids is 1. The molecule has 0 saturated carbocycles. The molecule has 1 aliphatic rings. The molecule has 1 aliphatic carbocycles. The van der Waals surface area contributed by atoms with E-state index in [4.69, 9.17) is 0 Å². The second kappa shape index (κ2) is 7.36. The summed E-state index contributed by atoms with van der Waals surface area (Å²) in [5.41, 5.74) is 1.13. The smallest absolute Gasteiger partial charge is 0.330 e. The molecule has 0 atom stereocenters. The number of aromatic nitrogens is 1. The summed E-state index contributed by atoms with van der Waals surface area (Å²) in [4.78, 5) is 17.1. The molecule has 0 bridgehead atoms. The molecule has 0 aromatic carbocycles. The first kappa shape index (κ1) is 17.1. The summed E-state index contributed by atoms with van der Waals surface area (Å²) >= 11 is 1.62. The van der Waals surface area contributed by atoms with Crippen LogP contribution >= 0.6 is 11.3 Å². The van der Waals surface area contributed by atoms with E-state index in [1.54, 1.807) is 11.3 Å².